The van der Waals surface area contributed by atoms with E-state index in [2.05, 4.69) is 6.92 Å². The van der Waals surface area contributed by atoms with Crippen LogP contribution in [0.5, 0.6) is 0 Å². The summed E-state index contributed by atoms with van der Waals surface area (Å²) in [5.41, 5.74) is -1.90. The van der Waals surface area contributed by atoms with Gasteiger partial charge in [-0.05, 0) is 101 Å². The molecule has 144 valence electrons. The van der Waals surface area contributed by atoms with E-state index < -0.39 is 27.6 Å². The number of fused-ring (bicyclic) bond motifs is 1. The Labute approximate surface area is 165 Å². The van der Waals surface area contributed by atoms with E-state index in [1.165, 1.54) is 0 Å². The molecule has 0 bridgehead atoms. The molecule has 2 unspecified atom stereocenters. The summed E-state index contributed by atoms with van der Waals surface area (Å²) in [5, 5.41) is 0. The van der Waals surface area contributed by atoms with E-state index in [9.17, 15) is 4.79 Å². The molecule has 3 heteroatoms. The molecule has 0 amide bonds. The summed E-state index contributed by atoms with van der Waals surface area (Å²) in [6.07, 6.45) is 8.45. The van der Waals surface area contributed by atoms with Crippen LogP contribution in [-0.2, 0) is 9.22 Å². The topological polar surface area (TPSA) is 26.3 Å². The average molecular weight is 371 g/mol. The van der Waals surface area contributed by atoms with Gasteiger partial charge in [0.05, 0.1) is 5.60 Å². The number of Topliss-reactive ketones (excluding diaryl/α,β-unsaturated/α-hetero) is 1. The summed E-state index contributed by atoms with van der Waals surface area (Å²) in [6.45, 7) is 2.42. The van der Waals surface area contributed by atoms with Crippen molar-refractivity contribution in [3.8, 4) is 0 Å². The van der Waals surface area contributed by atoms with Crippen LogP contribution >= 0.6 is 0 Å². The predicted octanol–water partition coefficient (Wildman–Crippen LogP) is 6.35. The van der Waals surface area contributed by atoms with Crippen molar-refractivity contribution in [3.63, 3.8) is 0 Å². The first kappa shape index (κ1) is 13.1. The smallest absolute Gasteiger partial charge is 0.184 e. The highest BCUT2D eigenvalue weighted by atomic mass is 28.4. The minimum Gasteiger partial charge on any atom is -0.413 e. The van der Waals surface area contributed by atoms with E-state index in [1.54, 1.807) is 0 Å². The third-order valence-electron chi connectivity index (χ3n) is 7.18. The third-order valence-corrected chi connectivity index (χ3v) is 8.14. The molecular formula is C22H40O2Si. The molecule has 3 fully saturated rings. The van der Waals surface area contributed by atoms with Crippen LogP contribution in [-0.4, -0.2) is 19.7 Å². The van der Waals surface area contributed by atoms with E-state index in [1.807, 2.05) is 19.6 Å². The van der Waals surface area contributed by atoms with Crippen molar-refractivity contribution in [1.29, 1.82) is 0 Å². The zero-order chi connectivity index (χ0) is 23.5. The standard InChI is InChI=1S/C22H40O2Si/c1-20(2,24-25(4,5)6)12-8-14-22(15-16-22)19-11-10-17-18(23)9-7-13-21(17,19)3/h17,19H,7-16H2,1-6H3/t17?,19?,21-/m0/s1/i1D3,2D3. The molecule has 0 aromatic rings. The lowest BCUT2D eigenvalue weighted by atomic mass is 9.60. The molecule has 2 nitrogen and oxygen atoms in total. The van der Waals surface area contributed by atoms with Gasteiger partial charge in [-0.15, -0.1) is 0 Å². The molecule has 25 heavy (non-hydrogen) atoms. The number of ketones is 1. The molecule has 3 aliphatic rings. The first-order chi connectivity index (χ1) is 14.0. The van der Waals surface area contributed by atoms with Crippen LogP contribution in [0.3, 0.4) is 0 Å². The number of rotatable bonds is 7. The van der Waals surface area contributed by atoms with Gasteiger partial charge < -0.3 is 4.43 Å². The lowest BCUT2D eigenvalue weighted by Gasteiger charge is -2.43. The van der Waals surface area contributed by atoms with Crippen molar-refractivity contribution in [3.05, 3.63) is 0 Å². The molecule has 0 spiro atoms. The number of carbonyl (C=O) groups is 1. The minimum absolute atomic E-state index is 0.0256. The van der Waals surface area contributed by atoms with Crippen LogP contribution in [0.25, 0.3) is 0 Å². The fourth-order valence-electron chi connectivity index (χ4n) is 6.13. The van der Waals surface area contributed by atoms with Crippen LogP contribution in [0.2, 0.25) is 19.6 Å². The molecule has 3 atom stereocenters. The number of carbonyl (C=O) groups excluding carboxylic acids is 1. The van der Waals surface area contributed by atoms with Crippen molar-refractivity contribution in [2.75, 3.05) is 0 Å². The molecule has 3 saturated carbocycles. The summed E-state index contributed by atoms with van der Waals surface area (Å²) in [4.78, 5) is 12.5. The summed E-state index contributed by atoms with van der Waals surface area (Å²) in [6, 6.07) is 0. The Kier molecular flexibility index (Phi) is 3.39. The quantitative estimate of drug-likeness (QED) is 0.488. The molecule has 0 aromatic heterocycles. The van der Waals surface area contributed by atoms with Gasteiger partial charge in [0.1, 0.15) is 5.78 Å². The first-order valence-corrected chi connectivity index (χ1v) is 13.6. The maximum atomic E-state index is 12.5. The Morgan fingerprint density at radius 3 is 2.56 bits per heavy atom. The summed E-state index contributed by atoms with van der Waals surface area (Å²) >= 11 is 0. The second kappa shape index (κ2) is 6.47. The van der Waals surface area contributed by atoms with Crippen molar-refractivity contribution >= 4 is 14.1 Å². The van der Waals surface area contributed by atoms with Gasteiger partial charge in [-0.2, -0.15) is 0 Å². The van der Waals surface area contributed by atoms with Crippen LogP contribution in [0.1, 0.15) is 93.1 Å². The highest BCUT2D eigenvalue weighted by Gasteiger charge is 2.61. The Morgan fingerprint density at radius 2 is 1.96 bits per heavy atom. The molecule has 0 aliphatic heterocycles. The summed E-state index contributed by atoms with van der Waals surface area (Å²) in [5.74, 6) is 1.10. The normalized spacial score (nSPS) is 39.4. The maximum absolute atomic E-state index is 12.5. The first-order valence-electron chi connectivity index (χ1n) is 13.2. The second-order valence-corrected chi connectivity index (χ2v) is 14.7. The van der Waals surface area contributed by atoms with Gasteiger partial charge in [0.15, 0.2) is 8.32 Å². The van der Waals surface area contributed by atoms with Gasteiger partial charge in [0, 0.05) is 20.6 Å². The van der Waals surface area contributed by atoms with Crippen molar-refractivity contribution in [2.45, 2.75) is 110 Å². The van der Waals surface area contributed by atoms with Gasteiger partial charge in [0.2, 0.25) is 0 Å². The number of hydrogen-bond donors (Lipinski definition) is 0. The zero-order valence-corrected chi connectivity index (χ0v) is 17.5. The van der Waals surface area contributed by atoms with Crippen LogP contribution in [0, 0.1) is 22.7 Å². The Balaban J connectivity index is 1.77. The molecule has 0 radical (unpaired) electrons. The van der Waals surface area contributed by atoms with E-state index in [4.69, 9.17) is 12.7 Å². The SMILES string of the molecule is [2H]C([2H])([2H])C(CCCC1(C2CCC3C(=O)CCC[C@@]32C)CC1)(O[Si](C)(C)C)C([2H])([2H])[2H]. The fraction of sp³-hybridized carbons (Fsp3) is 0.955. The molecule has 0 aromatic carbocycles. The van der Waals surface area contributed by atoms with E-state index >= 15 is 0 Å². The minimum atomic E-state index is -2.71. The highest BCUT2D eigenvalue weighted by Crippen LogP contribution is 2.68. The zero-order valence-electron chi connectivity index (χ0n) is 22.5. The van der Waals surface area contributed by atoms with Gasteiger partial charge in [-0.1, -0.05) is 13.3 Å². The Bertz CT molecular complexity index is 678. The van der Waals surface area contributed by atoms with Gasteiger partial charge >= 0.3 is 0 Å². The lowest BCUT2D eigenvalue weighted by molar-refractivity contribution is -0.130. The summed E-state index contributed by atoms with van der Waals surface area (Å²) in [7, 11) is -2.42. The molecule has 3 rings (SSSR count). The van der Waals surface area contributed by atoms with Crippen molar-refractivity contribution < 1.29 is 17.4 Å². The second-order valence-electron chi connectivity index (χ2n) is 10.3. The molecule has 0 N–H and O–H groups in total. The van der Waals surface area contributed by atoms with Crippen LogP contribution in [0.15, 0.2) is 0 Å². The van der Waals surface area contributed by atoms with E-state index in [0.717, 1.165) is 44.9 Å². The fourth-order valence-corrected chi connectivity index (χ4v) is 7.28. The van der Waals surface area contributed by atoms with Gasteiger partial charge in [0.25, 0.3) is 0 Å². The number of hydrogen-bond acceptors (Lipinski definition) is 2. The highest BCUT2D eigenvalue weighted by molar-refractivity contribution is 6.69. The Hall–Kier alpha value is -0.153. The molecule has 0 heterocycles. The predicted molar refractivity (Wildman–Crippen MR) is 107 cm³/mol. The van der Waals surface area contributed by atoms with E-state index in [0.29, 0.717) is 24.5 Å². The average Bonchev–Trinajstić information content (AvgIpc) is 3.25. The van der Waals surface area contributed by atoms with Crippen LogP contribution in [0.4, 0.5) is 0 Å². The maximum Gasteiger partial charge on any atom is 0.184 e. The third kappa shape index (κ3) is 4.08. The molecule has 3 aliphatic carbocycles. The van der Waals surface area contributed by atoms with Crippen molar-refractivity contribution in [2.24, 2.45) is 22.7 Å². The largest absolute Gasteiger partial charge is 0.413 e. The molecular weight excluding hydrogens is 324 g/mol. The monoisotopic (exact) mass is 370 g/mol. The Morgan fingerprint density at radius 1 is 1.24 bits per heavy atom. The molecule has 0 saturated heterocycles. The van der Waals surface area contributed by atoms with Crippen molar-refractivity contribution in [1.82, 2.24) is 0 Å². The summed E-state index contributed by atoms with van der Waals surface area (Å²) < 4.78 is 54.6. The van der Waals surface area contributed by atoms with Gasteiger partial charge in [-0.3, -0.25) is 4.79 Å². The van der Waals surface area contributed by atoms with Gasteiger partial charge in [-0.25, -0.2) is 0 Å². The lowest BCUT2D eigenvalue weighted by Crippen LogP contribution is -2.40. The van der Waals surface area contributed by atoms with Crippen LogP contribution < -0.4 is 0 Å². The van der Waals surface area contributed by atoms with E-state index in [-0.39, 0.29) is 23.2 Å².